The second-order valence-electron chi connectivity index (χ2n) is 2.62. The number of halogens is 3. The second-order valence-corrected chi connectivity index (χ2v) is 2.62. The number of Topliss-reactive ketones (excluding diaryl/α,β-unsaturated/α-hetero) is 1. The van der Waals surface area contributed by atoms with Gasteiger partial charge in [-0.3, -0.25) is 4.79 Å². The van der Waals surface area contributed by atoms with Gasteiger partial charge in [0.05, 0.1) is 12.7 Å². The van der Waals surface area contributed by atoms with Crippen molar-refractivity contribution in [3.05, 3.63) is 29.1 Å². The van der Waals surface area contributed by atoms with Gasteiger partial charge in [0.15, 0.2) is 23.2 Å². The third kappa shape index (κ3) is 1.57. The summed E-state index contributed by atoms with van der Waals surface area (Å²) in [6.07, 6.45) is 0. The zero-order chi connectivity index (χ0) is 10.9. The van der Waals surface area contributed by atoms with Gasteiger partial charge in [-0.25, -0.2) is 8.78 Å². The quantitative estimate of drug-likeness (QED) is 0.545. The molecule has 5 heteroatoms. The molecule has 2 nitrogen and oxygen atoms in total. The fraction of sp³-hybridized carbons (Fsp3) is 0.222. The molecule has 0 amide bonds. The highest BCUT2D eigenvalue weighted by Crippen LogP contribution is 2.26. The Balaban J connectivity index is 3.50. The molecule has 0 bridgehead atoms. The largest absolute Gasteiger partial charge is 0.491 e. The number of methoxy groups -OCH3 is 1. The maximum Gasteiger partial charge on any atom is 0.203 e. The van der Waals surface area contributed by atoms with Crippen molar-refractivity contribution in [2.24, 2.45) is 0 Å². The van der Waals surface area contributed by atoms with Gasteiger partial charge in [-0.15, -0.1) is 0 Å². The highest BCUT2D eigenvalue weighted by atomic mass is 19.2. The minimum atomic E-state index is -1.44. The molecule has 1 aromatic carbocycles. The fourth-order valence-electron chi connectivity index (χ4n) is 1.02. The average molecular weight is 204 g/mol. The molecule has 0 spiro atoms. The van der Waals surface area contributed by atoms with E-state index in [1.54, 1.807) is 0 Å². The van der Waals surface area contributed by atoms with Crippen LogP contribution in [0.1, 0.15) is 17.3 Å². The molecule has 14 heavy (non-hydrogen) atoms. The summed E-state index contributed by atoms with van der Waals surface area (Å²) in [6.45, 7) is 1.05. The van der Waals surface area contributed by atoms with E-state index < -0.39 is 34.5 Å². The molecule has 0 aliphatic heterocycles. The lowest BCUT2D eigenvalue weighted by molar-refractivity contribution is 0.101. The van der Waals surface area contributed by atoms with Gasteiger partial charge in [-0.05, 0) is 13.0 Å². The Morgan fingerprint density at radius 3 is 2.29 bits per heavy atom. The first-order chi connectivity index (χ1) is 6.49. The molecule has 0 radical (unpaired) electrons. The standard InChI is InChI=1S/C9H7F3O2/c1-4(13)5-3-6(10)8(12)9(14-2)7(5)11/h3H,1-2H3. The number of hydrogen-bond donors (Lipinski definition) is 0. The summed E-state index contributed by atoms with van der Waals surface area (Å²) in [7, 11) is 0.991. The van der Waals surface area contributed by atoms with Crippen LogP contribution in [0, 0.1) is 17.5 Å². The first-order valence-electron chi connectivity index (χ1n) is 3.71. The highest BCUT2D eigenvalue weighted by molar-refractivity contribution is 5.94. The van der Waals surface area contributed by atoms with E-state index in [2.05, 4.69) is 4.74 Å². The number of rotatable bonds is 2. The van der Waals surface area contributed by atoms with Crippen molar-refractivity contribution in [1.82, 2.24) is 0 Å². The van der Waals surface area contributed by atoms with Crippen LogP contribution in [0.15, 0.2) is 6.07 Å². The van der Waals surface area contributed by atoms with E-state index in [1.807, 2.05) is 0 Å². The van der Waals surface area contributed by atoms with E-state index >= 15 is 0 Å². The Bertz CT molecular complexity index is 388. The van der Waals surface area contributed by atoms with Gasteiger partial charge >= 0.3 is 0 Å². The molecule has 0 heterocycles. The topological polar surface area (TPSA) is 26.3 Å². The third-order valence-corrected chi connectivity index (χ3v) is 1.70. The molecule has 1 aromatic rings. The molecule has 76 valence electrons. The van der Waals surface area contributed by atoms with Gasteiger partial charge in [0, 0.05) is 0 Å². The fourth-order valence-corrected chi connectivity index (χ4v) is 1.02. The van der Waals surface area contributed by atoms with E-state index in [4.69, 9.17) is 0 Å². The Hall–Kier alpha value is -1.52. The van der Waals surface area contributed by atoms with Crippen molar-refractivity contribution in [1.29, 1.82) is 0 Å². The van der Waals surface area contributed by atoms with Crippen LogP contribution < -0.4 is 4.74 Å². The first-order valence-corrected chi connectivity index (χ1v) is 3.71. The van der Waals surface area contributed by atoms with Crippen LogP contribution >= 0.6 is 0 Å². The monoisotopic (exact) mass is 204 g/mol. The van der Waals surface area contributed by atoms with Gasteiger partial charge in [-0.1, -0.05) is 0 Å². The van der Waals surface area contributed by atoms with Gasteiger partial charge in [-0.2, -0.15) is 4.39 Å². The summed E-state index contributed by atoms with van der Waals surface area (Å²) in [5.41, 5.74) is -0.527. The van der Waals surface area contributed by atoms with Crippen molar-refractivity contribution >= 4 is 5.78 Å². The van der Waals surface area contributed by atoms with Crippen LogP contribution in [0.25, 0.3) is 0 Å². The molecule has 0 atom stereocenters. The van der Waals surface area contributed by atoms with Crippen molar-refractivity contribution in [2.75, 3.05) is 7.11 Å². The molecule has 0 fully saturated rings. The van der Waals surface area contributed by atoms with E-state index in [0.717, 1.165) is 14.0 Å². The lowest BCUT2D eigenvalue weighted by Gasteiger charge is -2.06. The maximum atomic E-state index is 13.2. The van der Waals surface area contributed by atoms with Gasteiger partial charge in [0.1, 0.15) is 0 Å². The molecule has 0 aromatic heterocycles. The summed E-state index contributed by atoms with van der Waals surface area (Å²) >= 11 is 0. The van der Waals surface area contributed by atoms with Gasteiger partial charge < -0.3 is 4.74 Å². The summed E-state index contributed by atoms with van der Waals surface area (Å²) in [5.74, 6) is -5.50. The van der Waals surface area contributed by atoms with Gasteiger partial charge in [0.2, 0.25) is 5.82 Å². The average Bonchev–Trinajstić information content (AvgIpc) is 2.12. The lowest BCUT2D eigenvalue weighted by Crippen LogP contribution is -2.04. The van der Waals surface area contributed by atoms with E-state index in [0.29, 0.717) is 6.07 Å². The molecule has 0 aliphatic rings. The molecular formula is C9H7F3O2. The number of carbonyl (C=O) groups excluding carboxylic acids is 1. The van der Waals surface area contributed by atoms with Crippen LogP contribution in [-0.2, 0) is 0 Å². The van der Waals surface area contributed by atoms with E-state index in [-0.39, 0.29) is 0 Å². The zero-order valence-corrected chi connectivity index (χ0v) is 7.53. The molecule has 0 saturated carbocycles. The smallest absolute Gasteiger partial charge is 0.203 e. The molecule has 0 unspecified atom stereocenters. The second kappa shape index (κ2) is 3.69. The Labute approximate surface area is 78.3 Å². The molecule has 0 aliphatic carbocycles. The molecule has 0 saturated heterocycles. The maximum absolute atomic E-state index is 13.2. The molecule has 0 N–H and O–H groups in total. The number of ether oxygens (including phenoxy) is 1. The van der Waals surface area contributed by atoms with Crippen molar-refractivity contribution < 1.29 is 22.7 Å². The zero-order valence-electron chi connectivity index (χ0n) is 7.53. The normalized spacial score (nSPS) is 10.1. The van der Waals surface area contributed by atoms with Crippen molar-refractivity contribution in [2.45, 2.75) is 6.92 Å². The number of carbonyl (C=O) groups is 1. The van der Waals surface area contributed by atoms with Crippen LogP contribution in [-0.4, -0.2) is 12.9 Å². The SMILES string of the molecule is COc1c(F)c(F)cc(C(C)=O)c1F. The van der Waals surface area contributed by atoms with Crippen LogP contribution in [0.3, 0.4) is 0 Å². The molecular weight excluding hydrogens is 197 g/mol. The van der Waals surface area contributed by atoms with Gasteiger partial charge in [0.25, 0.3) is 0 Å². The predicted octanol–water partition coefficient (Wildman–Crippen LogP) is 2.32. The van der Waals surface area contributed by atoms with Crippen molar-refractivity contribution in [3.8, 4) is 5.75 Å². The Kier molecular flexibility index (Phi) is 2.78. The lowest BCUT2D eigenvalue weighted by atomic mass is 10.1. The van der Waals surface area contributed by atoms with Crippen LogP contribution in [0.4, 0.5) is 13.2 Å². The Morgan fingerprint density at radius 2 is 1.86 bits per heavy atom. The van der Waals surface area contributed by atoms with E-state index in [1.165, 1.54) is 0 Å². The van der Waals surface area contributed by atoms with Crippen LogP contribution in [0.2, 0.25) is 0 Å². The summed E-state index contributed by atoms with van der Waals surface area (Å²) in [6, 6.07) is 0.509. The molecule has 1 rings (SSSR count). The number of benzene rings is 1. The minimum Gasteiger partial charge on any atom is -0.491 e. The first kappa shape index (κ1) is 10.6. The summed E-state index contributed by atoms with van der Waals surface area (Å²) < 4.78 is 43.2. The van der Waals surface area contributed by atoms with Crippen molar-refractivity contribution in [3.63, 3.8) is 0 Å². The summed E-state index contributed by atoms with van der Waals surface area (Å²) in [4.78, 5) is 10.8. The predicted molar refractivity (Wildman–Crippen MR) is 42.9 cm³/mol. The number of hydrogen-bond acceptors (Lipinski definition) is 2. The van der Waals surface area contributed by atoms with Crippen LogP contribution in [0.5, 0.6) is 5.75 Å². The number of ketones is 1. The third-order valence-electron chi connectivity index (χ3n) is 1.70. The summed E-state index contributed by atoms with van der Waals surface area (Å²) in [5, 5.41) is 0. The minimum absolute atomic E-state index is 0.509. The highest BCUT2D eigenvalue weighted by Gasteiger charge is 2.21. The van der Waals surface area contributed by atoms with E-state index in [9.17, 15) is 18.0 Å². The Morgan fingerprint density at radius 1 is 1.29 bits per heavy atom.